The molecule has 7 bridgehead atoms. The van der Waals surface area contributed by atoms with E-state index < -0.39 is 10.9 Å². The molecule has 10 rings (SSSR count). The van der Waals surface area contributed by atoms with Crippen molar-refractivity contribution in [1.82, 2.24) is 4.98 Å². The van der Waals surface area contributed by atoms with Gasteiger partial charge in [0.25, 0.3) is 0 Å². The molecule has 1 spiro atoms. The number of aliphatic hydroxyl groups is 1. The second-order valence-electron chi connectivity index (χ2n) is 15.3. The number of aromatic nitrogens is 1. The molecule has 1 saturated heterocycles. The number of carbonyl (C=O) groups excluding carboxylic acids is 2. The Morgan fingerprint density at radius 2 is 1.96 bits per heavy atom. The lowest BCUT2D eigenvalue weighted by Gasteiger charge is -2.57. The van der Waals surface area contributed by atoms with E-state index in [0.717, 1.165) is 66.8 Å². The SMILES string of the molecule is CCC1(C2=C3OC(=O)C4=C3[C@@H](CC2)C[C@@H]2[C@@H]4[C@]34CC[C@H]2C2=C3C(=O)OC4=CC[C@@H](C)[C@H](O)SSCNc3cc(ccn3)C2)CCCC1. The summed E-state index contributed by atoms with van der Waals surface area (Å²) < 4.78 is 12.8. The molecule has 9 aliphatic rings. The summed E-state index contributed by atoms with van der Waals surface area (Å²) in [6, 6.07) is 4.15. The first-order valence-corrected chi connectivity index (χ1v) is 20.2. The van der Waals surface area contributed by atoms with Crippen LogP contribution in [0.5, 0.6) is 0 Å². The smallest absolute Gasteiger partial charge is 0.340 e. The molecule has 7 atom stereocenters. The van der Waals surface area contributed by atoms with Gasteiger partial charge < -0.3 is 19.9 Å². The first kappa shape index (κ1) is 30.6. The number of rotatable bonds is 2. The number of carbonyl (C=O) groups is 2. The number of ether oxygens (including phenoxy) is 2. The van der Waals surface area contributed by atoms with Gasteiger partial charge in [0.05, 0.1) is 16.9 Å². The molecule has 1 aromatic rings. The van der Waals surface area contributed by atoms with Gasteiger partial charge >= 0.3 is 11.9 Å². The molecule has 2 N–H and O–H groups in total. The van der Waals surface area contributed by atoms with Crippen LogP contribution in [0.2, 0.25) is 0 Å². The zero-order valence-electron chi connectivity index (χ0n) is 27.3. The van der Waals surface area contributed by atoms with E-state index in [1.165, 1.54) is 53.2 Å². The molecule has 1 aromatic heterocycles. The molecule has 9 heteroatoms. The molecule has 0 radical (unpaired) electrons. The molecule has 248 valence electrons. The molecule has 4 heterocycles. The zero-order chi connectivity index (χ0) is 32.1. The van der Waals surface area contributed by atoms with Crippen LogP contribution in [0.15, 0.2) is 63.8 Å². The molecule has 6 aliphatic carbocycles. The van der Waals surface area contributed by atoms with E-state index in [1.54, 1.807) is 10.8 Å². The summed E-state index contributed by atoms with van der Waals surface area (Å²) in [6.07, 6.45) is 16.0. The van der Waals surface area contributed by atoms with Gasteiger partial charge in [0.15, 0.2) is 0 Å². The summed E-state index contributed by atoms with van der Waals surface area (Å²) in [7, 11) is 3.03. The van der Waals surface area contributed by atoms with Crippen LogP contribution in [0.4, 0.5) is 5.82 Å². The van der Waals surface area contributed by atoms with Gasteiger partial charge in [-0.25, -0.2) is 14.6 Å². The van der Waals surface area contributed by atoms with Crippen molar-refractivity contribution < 1.29 is 24.2 Å². The molecule has 47 heavy (non-hydrogen) atoms. The predicted octanol–water partition coefficient (Wildman–Crippen LogP) is 8.00. The van der Waals surface area contributed by atoms with E-state index in [2.05, 4.69) is 35.4 Å². The first-order valence-electron chi connectivity index (χ1n) is 17.9. The number of fused-ring (bicyclic) bond motifs is 3. The van der Waals surface area contributed by atoms with E-state index in [9.17, 15) is 14.7 Å². The molecule has 3 fully saturated rings. The summed E-state index contributed by atoms with van der Waals surface area (Å²) >= 11 is 0. The minimum atomic E-state index is -0.682. The van der Waals surface area contributed by atoms with Gasteiger partial charge in [-0.1, -0.05) is 53.9 Å². The Morgan fingerprint density at radius 1 is 1.11 bits per heavy atom. The maximum absolute atomic E-state index is 14.3. The molecular formula is C38H44N2O5S2. The fourth-order valence-electron chi connectivity index (χ4n) is 11.2. The molecular weight excluding hydrogens is 629 g/mol. The van der Waals surface area contributed by atoms with Crippen LogP contribution in [0.25, 0.3) is 0 Å². The molecule has 0 unspecified atom stereocenters. The number of anilines is 1. The summed E-state index contributed by atoms with van der Waals surface area (Å²) in [5, 5.41) is 14.4. The Balaban J connectivity index is 1.24. The third-order valence-electron chi connectivity index (χ3n) is 13.4. The van der Waals surface area contributed by atoms with E-state index >= 15 is 0 Å². The predicted molar refractivity (Wildman–Crippen MR) is 183 cm³/mol. The third-order valence-corrected chi connectivity index (χ3v) is 15.8. The summed E-state index contributed by atoms with van der Waals surface area (Å²) in [5.41, 5.74) is 5.45. The van der Waals surface area contributed by atoms with Crippen molar-refractivity contribution in [2.24, 2.45) is 40.4 Å². The topological polar surface area (TPSA) is 97.8 Å². The molecule has 7 nitrogen and oxygen atoms in total. The zero-order valence-corrected chi connectivity index (χ0v) is 28.9. The van der Waals surface area contributed by atoms with Crippen molar-refractivity contribution in [2.45, 2.75) is 96.3 Å². The van der Waals surface area contributed by atoms with Crippen LogP contribution in [0.3, 0.4) is 0 Å². The second-order valence-corrected chi connectivity index (χ2v) is 17.8. The number of hydrogen-bond donors (Lipinski definition) is 2. The van der Waals surface area contributed by atoms with Crippen LogP contribution >= 0.6 is 21.6 Å². The second kappa shape index (κ2) is 11.3. The molecule has 0 aromatic carbocycles. The number of esters is 2. The average Bonchev–Trinajstić information content (AvgIpc) is 3.78. The number of hydrogen-bond acceptors (Lipinski definition) is 9. The van der Waals surface area contributed by atoms with Crippen molar-refractivity contribution in [3.05, 3.63) is 69.4 Å². The highest BCUT2D eigenvalue weighted by atomic mass is 33.1. The standard InChI is InChI=1S/C38H44N2O5S2/c1-3-37(12-4-5-13-37)26-8-7-22-18-25-23-10-14-38(31(25)30-29(22)33(26)45-34(30)41)27-9-6-20(2)36(43)47-46-19-40-28-17-21(11-15-39-28)16-24(23)32(38)35(42)44-27/h9,11,15,17,20,22-23,25,31,36,43H,3-8,10,12-14,16,18-19H2,1-2H3,(H,39,40)/t20-,22+,23+,25+,31+,36-,38-/m1/s1. The van der Waals surface area contributed by atoms with E-state index in [4.69, 9.17) is 9.47 Å². The number of allylic oxidation sites excluding steroid dienone is 5. The van der Waals surface area contributed by atoms with Gasteiger partial charge in [-0.05, 0) is 123 Å². The molecule has 2 saturated carbocycles. The van der Waals surface area contributed by atoms with Gasteiger partial charge in [0.2, 0.25) is 0 Å². The summed E-state index contributed by atoms with van der Waals surface area (Å²) in [6.45, 7) is 4.36. The number of nitrogens with one attached hydrogen (secondary N) is 1. The number of pyridine rings is 1. The average molecular weight is 673 g/mol. The van der Waals surface area contributed by atoms with Gasteiger partial charge in [-0.2, -0.15) is 0 Å². The van der Waals surface area contributed by atoms with Gasteiger partial charge in [-0.3, -0.25) is 0 Å². The Labute approximate surface area is 284 Å². The van der Waals surface area contributed by atoms with Crippen molar-refractivity contribution in [3.63, 3.8) is 0 Å². The quantitative estimate of drug-likeness (QED) is 0.239. The fraction of sp³-hybridized carbons (Fsp3) is 0.605. The highest BCUT2D eigenvalue weighted by Gasteiger charge is 2.69. The first-order chi connectivity index (χ1) is 22.8. The Kier molecular flexibility index (Phi) is 7.33. The van der Waals surface area contributed by atoms with Crippen LogP contribution in [-0.4, -0.2) is 33.3 Å². The lowest BCUT2D eigenvalue weighted by atomic mass is 9.43. The van der Waals surface area contributed by atoms with Crippen LogP contribution in [0, 0.1) is 40.4 Å². The van der Waals surface area contributed by atoms with Gasteiger partial charge in [0, 0.05) is 23.3 Å². The lowest BCUT2D eigenvalue weighted by molar-refractivity contribution is -0.135. The number of aliphatic hydroxyl groups excluding tert-OH is 1. The normalized spacial score (nSPS) is 37.3. The van der Waals surface area contributed by atoms with Crippen LogP contribution in [-0.2, 0) is 25.5 Å². The van der Waals surface area contributed by atoms with Crippen molar-refractivity contribution in [2.75, 3.05) is 11.2 Å². The number of nitrogens with zero attached hydrogens (tertiary/aromatic N) is 1. The molecule has 0 amide bonds. The highest BCUT2D eigenvalue weighted by molar-refractivity contribution is 8.76. The van der Waals surface area contributed by atoms with Crippen molar-refractivity contribution in [3.8, 4) is 0 Å². The van der Waals surface area contributed by atoms with Crippen molar-refractivity contribution in [1.29, 1.82) is 0 Å². The maximum atomic E-state index is 14.3. The highest BCUT2D eigenvalue weighted by Crippen LogP contribution is 2.72. The minimum Gasteiger partial charge on any atom is -0.427 e. The molecule has 3 aliphatic heterocycles. The van der Waals surface area contributed by atoms with Crippen LogP contribution in [0.1, 0.15) is 90.0 Å². The summed E-state index contributed by atoms with van der Waals surface area (Å²) in [5.74, 6) is 3.22. The maximum Gasteiger partial charge on any atom is 0.340 e. The van der Waals surface area contributed by atoms with Gasteiger partial charge in [-0.15, -0.1) is 0 Å². The van der Waals surface area contributed by atoms with E-state index in [0.29, 0.717) is 30.4 Å². The third kappa shape index (κ3) is 4.40. The van der Waals surface area contributed by atoms with Gasteiger partial charge in [0.1, 0.15) is 22.8 Å². The fourth-order valence-corrected chi connectivity index (χ4v) is 13.3. The lowest BCUT2D eigenvalue weighted by Crippen LogP contribution is -2.53. The van der Waals surface area contributed by atoms with Crippen LogP contribution < -0.4 is 5.32 Å². The Bertz CT molecular complexity index is 1690. The van der Waals surface area contributed by atoms with E-state index in [1.807, 2.05) is 13.1 Å². The largest absolute Gasteiger partial charge is 0.427 e. The Morgan fingerprint density at radius 3 is 2.79 bits per heavy atom. The summed E-state index contributed by atoms with van der Waals surface area (Å²) in [4.78, 5) is 33.1. The van der Waals surface area contributed by atoms with Crippen molar-refractivity contribution >= 4 is 39.3 Å². The van der Waals surface area contributed by atoms with E-state index in [-0.39, 0.29) is 41.0 Å². The minimum absolute atomic E-state index is 0.0472. The Hall–Kier alpha value is -2.49. The monoisotopic (exact) mass is 672 g/mol.